The fourth-order valence-corrected chi connectivity index (χ4v) is 32.2. The summed E-state index contributed by atoms with van der Waals surface area (Å²) in [5.41, 5.74) is 8.81. The maximum absolute atomic E-state index is 5.62. The Morgan fingerprint density at radius 2 is 1.37 bits per heavy atom. The molecule has 38 heavy (non-hydrogen) atoms. The molecule has 0 amide bonds. The van der Waals surface area contributed by atoms with E-state index in [1.165, 1.54) is 36.7 Å². The van der Waals surface area contributed by atoms with Gasteiger partial charge < -0.3 is 0 Å². The molecule has 0 aliphatic heterocycles. The molecule has 0 heterocycles. The predicted molar refractivity (Wildman–Crippen MR) is 166 cm³/mol. The first kappa shape index (κ1) is 27.2. The van der Waals surface area contributed by atoms with Crippen LogP contribution in [0, 0.1) is 0 Å². The molecule has 0 radical (unpaired) electrons. The maximum atomic E-state index is 5.62. The molecule has 0 nitrogen and oxygen atoms in total. The first-order chi connectivity index (χ1) is 17.9. The van der Waals surface area contributed by atoms with E-state index < -0.39 is 18.0 Å². The van der Waals surface area contributed by atoms with Gasteiger partial charge in [-0.05, 0) is 0 Å². The molecule has 3 aromatic rings. The number of benzene rings is 3. The second kappa shape index (κ2) is 9.37. The SMILES string of the molecule is C=CC[CH2][Hf](=[CH2])([C]1=CC=CC1)([c]1ccccc1)[CH]1c2cc(C(C)(C)C)ccc2-c2ccc(C(C)(C)C)cc21. The average molecular weight is 667 g/mol. The van der Waals surface area contributed by atoms with Crippen LogP contribution in [0.25, 0.3) is 11.1 Å². The van der Waals surface area contributed by atoms with Crippen molar-refractivity contribution in [1.29, 1.82) is 0 Å². The van der Waals surface area contributed by atoms with E-state index in [1.807, 2.05) is 0 Å². The second-order valence-corrected chi connectivity index (χ2v) is 34.9. The van der Waals surface area contributed by atoms with Crippen LogP contribution in [0.1, 0.15) is 80.3 Å². The Morgan fingerprint density at radius 1 is 0.816 bits per heavy atom. The summed E-state index contributed by atoms with van der Waals surface area (Å²) >= 11 is -4.49. The van der Waals surface area contributed by atoms with Crippen molar-refractivity contribution in [2.75, 3.05) is 0 Å². The van der Waals surface area contributed by atoms with Crippen molar-refractivity contribution >= 4 is 7.58 Å². The van der Waals surface area contributed by atoms with Gasteiger partial charge in [-0.1, -0.05) is 0 Å². The molecule has 2 aliphatic carbocycles. The molecule has 0 N–H and O–H groups in total. The number of hydrogen-bond acceptors (Lipinski definition) is 0. The summed E-state index contributed by atoms with van der Waals surface area (Å²) in [7, 11) is 0. The molecule has 0 aromatic heterocycles. The molecule has 2 aliphatic rings. The van der Waals surface area contributed by atoms with Gasteiger partial charge in [-0.15, -0.1) is 0 Å². The van der Waals surface area contributed by atoms with E-state index in [1.54, 1.807) is 3.33 Å². The third-order valence-corrected chi connectivity index (χ3v) is 35.3. The Bertz CT molecular complexity index is 1450. The van der Waals surface area contributed by atoms with Crippen LogP contribution in [0.2, 0.25) is 4.18 Å². The van der Waals surface area contributed by atoms with Crippen molar-refractivity contribution in [2.45, 2.75) is 73.1 Å². The molecule has 3 aromatic carbocycles. The Morgan fingerprint density at radius 3 is 1.82 bits per heavy atom. The minimum atomic E-state index is -4.49. The standard InChI is InChI=1S/C21H25.C6H5.C5H5.C4H7.CH2.Hf/c1-20(2,3)16-7-9-18-14(12-16)11-15-13-17(21(4,5)6)8-10-19(15)18;1-2-4-6-5-3-1;1-2-4-5-3-1;1-3-4-2;;/h7-13H,1-6H3;1-5H;1-3H,4H2;3H,1-2,4H2;1H2;. The summed E-state index contributed by atoms with van der Waals surface area (Å²) in [6.45, 7) is 18.2. The Kier molecular flexibility index (Phi) is 6.71. The molecule has 0 atom stereocenters. The summed E-state index contributed by atoms with van der Waals surface area (Å²) in [5.74, 6) is 0. The molecule has 0 spiro atoms. The number of fused-ring (bicyclic) bond motifs is 3. The normalized spacial score (nSPS) is 15.8. The van der Waals surface area contributed by atoms with Crippen molar-refractivity contribution < 1.29 is 18.0 Å². The average Bonchev–Trinajstić information content (AvgIpc) is 3.54. The quantitative estimate of drug-likeness (QED) is 0.182. The molecular formula is C37H44Hf. The van der Waals surface area contributed by atoms with E-state index in [-0.39, 0.29) is 10.8 Å². The van der Waals surface area contributed by atoms with Gasteiger partial charge in [-0.25, -0.2) is 0 Å². The predicted octanol–water partition coefficient (Wildman–Crippen LogP) is 9.64. The van der Waals surface area contributed by atoms with Gasteiger partial charge in [-0.3, -0.25) is 0 Å². The van der Waals surface area contributed by atoms with E-state index >= 15 is 0 Å². The van der Waals surface area contributed by atoms with Crippen molar-refractivity contribution in [1.82, 2.24) is 0 Å². The molecule has 5 rings (SSSR count). The Labute approximate surface area is 231 Å². The fraction of sp³-hybridized carbons (Fsp3) is 0.324. The van der Waals surface area contributed by atoms with Gasteiger partial charge in [0.2, 0.25) is 0 Å². The van der Waals surface area contributed by atoms with Crippen LogP contribution in [0.3, 0.4) is 0 Å². The molecule has 0 bridgehead atoms. The molecular weight excluding hydrogens is 623 g/mol. The zero-order valence-electron chi connectivity index (χ0n) is 24.3. The summed E-state index contributed by atoms with van der Waals surface area (Å²) < 4.78 is 10.2. The molecule has 0 fully saturated rings. The van der Waals surface area contributed by atoms with Crippen LogP contribution in [-0.2, 0) is 28.8 Å². The molecule has 1 heteroatoms. The van der Waals surface area contributed by atoms with Gasteiger partial charge in [0, 0.05) is 0 Å². The summed E-state index contributed by atoms with van der Waals surface area (Å²) in [5, 5.41) is 0. The third-order valence-electron chi connectivity index (χ3n) is 9.43. The van der Waals surface area contributed by atoms with Crippen LogP contribution < -0.4 is 3.32 Å². The first-order valence-corrected chi connectivity index (χ1v) is 25.0. The molecule has 0 saturated carbocycles. The fourth-order valence-electron chi connectivity index (χ4n) is 7.13. The van der Waals surface area contributed by atoms with Gasteiger partial charge in [-0.2, -0.15) is 0 Å². The first-order valence-electron chi connectivity index (χ1n) is 14.2. The zero-order chi connectivity index (χ0) is 27.4. The third kappa shape index (κ3) is 4.17. The number of hydrogen-bond donors (Lipinski definition) is 0. The van der Waals surface area contributed by atoms with Crippen molar-refractivity contribution in [3.63, 3.8) is 0 Å². The van der Waals surface area contributed by atoms with Crippen LogP contribution >= 0.6 is 0 Å². The van der Waals surface area contributed by atoms with E-state index in [0.29, 0.717) is 3.67 Å². The van der Waals surface area contributed by atoms with Crippen molar-refractivity contribution in [2.24, 2.45) is 0 Å². The van der Waals surface area contributed by atoms with Gasteiger partial charge >= 0.3 is 233 Å². The van der Waals surface area contributed by atoms with E-state index in [2.05, 4.69) is 139 Å². The van der Waals surface area contributed by atoms with Gasteiger partial charge in [0.05, 0.1) is 0 Å². The van der Waals surface area contributed by atoms with Gasteiger partial charge in [0.15, 0.2) is 0 Å². The molecule has 196 valence electrons. The Balaban J connectivity index is 1.94. The van der Waals surface area contributed by atoms with Crippen LogP contribution in [-0.4, -0.2) is 4.26 Å². The number of allylic oxidation sites excluding steroid dienone is 5. The van der Waals surface area contributed by atoms with Crippen molar-refractivity contribution in [3.05, 3.63) is 123 Å². The van der Waals surface area contributed by atoms with Crippen LogP contribution in [0.5, 0.6) is 0 Å². The second-order valence-electron chi connectivity index (χ2n) is 13.8. The van der Waals surface area contributed by atoms with E-state index in [0.717, 1.165) is 17.0 Å². The van der Waals surface area contributed by atoms with Crippen LogP contribution in [0.4, 0.5) is 0 Å². The van der Waals surface area contributed by atoms with Gasteiger partial charge in [0.1, 0.15) is 0 Å². The summed E-state index contributed by atoms with van der Waals surface area (Å²) in [6, 6.07) is 26.1. The summed E-state index contributed by atoms with van der Waals surface area (Å²) in [6.07, 6.45) is 11.2. The minimum absolute atomic E-state index is 0.0839. The number of rotatable bonds is 6. The van der Waals surface area contributed by atoms with Gasteiger partial charge in [0.25, 0.3) is 0 Å². The van der Waals surface area contributed by atoms with Crippen molar-refractivity contribution in [3.8, 4) is 11.1 Å². The zero-order valence-corrected chi connectivity index (χ0v) is 27.9. The monoisotopic (exact) mass is 668 g/mol. The molecule has 0 saturated heterocycles. The Hall–Kier alpha value is -2.38. The van der Waals surface area contributed by atoms with Crippen LogP contribution in [0.15, 0.2) is 101 Å². The topological polar surface area (TPSA) is 0 Å². The van der Waals surface area contributed by atoms with E-state index in [9.17, 15) is 0 Å². The molecule has 0 unspecified atom stereocenters. The van der Waals surface area contributed by atoms with E-state index in [4.69, 9.17) is 4.26 Å². The summed E-state index contributed by atoms with van der Waals surface area (Å²) in [4.78, 5) is 0.